The van der Waals surface area contributed by atoms with Crippen molar-refractivity contribution in [2.45, 2.75) is 32.5 Å². The van der Waals surface area contributed by atoms with Gasteiger partial charge in [-0.3, -0.25) is 28.6 Å². The van der Waals surface area contributed by atoms with E-state index in [0.717, 1.165) is 16.7 Å². The first-order valence-corrected chi connectivity index (χ1v) is 14.1. The van der Waals surface area contributed by atoms with Gasteiger partial charge in [0.25, 0.3) is 5.56 Å². The van der Waals surface area contributed by atoms with E-state index in [0.29, 0.717) is 0 Å². The van der Waals surface area contributed by atoms with Gasteiger partial charge in [-0.2, -0.15) is 5.10 Å². The number of aliphatic hydroxyl groups is 1. The number of benzene rings is 3. The number of aromatic nitrogens is 7. The van der Waals surface area contributed by atoms with Crippen LogP contribution >= 0.6 is 23.2 Å². The molecular formula is C30H22Cl2F3N7O3. The van der Waals surface area contributed by atoms with E-state index in [-0.39, 0.29) is 68.1 Å². The summed E-state index contributed by atoms with van der Waals surface area (Å²) in [6.07, 6.45) is 4.15. The standard InChI is InChI=1S/C30H22Cl2F3N7O3/c1-30(2,45)17-8-15(18(31)10-20(17)33)16-9-22-24(27-26(16)36-4-5-37-27)28(43)42(12-23-38-13-40(3)39-23)29(44)41(22)11-14-6-19(32)25(35)21(34)7-14/h4-10,13,45H,11-12H2,1-3H3. The minimum Gasteiger partial charge on any atom is -0.386 e. The van der Waals surface area contributed by atoms with Gasteiger partial charge in [-0.15, -0.1) is 0 Å². The van der Waals surface area contributed by atoms with Gasteiger partial charge in [0, 0.05) is 36.1 Å². The summed E-state index contributed by atoms with van der Waals surface area (Å²) in [5.41, 5.74) is -2.27. The molecule has 45 heavy (non-hydrogen) atoms. The SMILES string of the molecule is Cn1cnc(Cn2c(=O)c3c4nccnc4c(-c4cc(C(C)(C)O)c(F)cc4Cl)cc3n(Cc3cc(F)c(F)c(Cl)c3)c2=O)n1. The van der Waals surface area contributed by atoms with Gasteiger partial charge < -0.3 is 5.11 Å². The van der Waals surface area contributed by atoms with Crippen LogP contribution in [0, 0.1) is 17.5 Å². The van der Waals surface area contributed by atoms with Crippen molar-refractivity contribution in [2.24, 2.45) is 7.05 Å². The molecule has 0 unspecified atom stereocenters. The van der Waals surface area contributed by atoms with Crippen LogP contribution in [-0.2, 0) is 25.7 Å². The summed E-state index contributed by atoms with van der Waals surface area (Å²) >= 11 is 12.4. The van der Waals surface area contributed by atoms with Gasteiger partial charge in [-0.25, -0.2) is 22.9 Å². The van der Waals surface area contributed by atoms with Crippen molar-refractivity contribution in [3.63, 3.8) is 0 Å². The molecular weight excluding hydrogens is 634 g/mol. The van der Waals surface area contributed by atoms with E-state index in [9.17, 15) is 27.9 Å². The third-order valence-corrected chi connectivity index (χ3v) is 7.86. The Morgan fingerprint density at radius 2 is 1.56 bits per heavy atom. The van der Waals surface area contributed by atoms with Crippen molar-refractivity contribution >= 4 is 45.1 Å². The minimum absolute atomic E-state index is 0.0213. The summed E-state index contributed by atoms with van der Waals surface area (Å²) in [6, 6.07) is 5.93. The van der Waals surface area contributed by atoms with Crippen LogP contribution in [0.5, 0.6) is 0 Å². The fourth-order valence-electron chi connectivity index (χ4n) is 5.21. The lowest BCUT2D eigenvalue weighted by molar-refractivity contribution is 0.0746. The maximum absolute atomic E-state index is 14.9. The molecule has 0 radical (unpaired) electrons. The lowest BCUT2D eigenvalue weighted by Gasteiger charge is -2.21. The highest BCUT2D eigenvalue weighted by molar-refractivity contribution is 6.34. The molecule has 0 bridgehead atoms. The first-order valence-electron chi connectivity index (χ1n) is 13.4. The minimum atomic E-state index is -1.59. The molecule has 0 aliphatic carbocycles. The average Bonchev–Trinajstić information content (AvgIpc) is 3.39. The number of nitrogens with zero attached hydrogens (tertiary/aromatic N) is 7. The molecule has 0 saturated heterocycles. The van der Waals surface area contributed by atoms with E-state index in [1.807, 2.05) is 0 Å². The lowest BCUT2D eigenvalue weighted by Crippen LogP contribution is -2.41. The summed E-state index contributed by atoms with van der Waals surface area (Å²) in [5, 5.41) is 14.2. The smallest absolute Gasteiger partial charge is 0.332 e. The van der Waals surface area contributed by atoms with E-state index >= 15 is 0 Å². The topological polar surface area (TPSA) is 121 Å². The monoisotopic (exact) mass is 655 g/mol. The molecule has 0 amide bonds. The quantitative estimate of drug-likeness (QED) is 0.199. The zero-order chi connectivity index (χ0) is 32.4. The predicted molar refractivity (Wildman–Crippen MR) is 162 cm³/mol. The molecule has 3 aromatic heterocycles. The maximum atomic E-state index is 14.9. The summed E-state index contributed by atoms with van der Waals surface area (Å²) in [6.45, 7) is 2.16. The van der Waals surface area contributed by atoms with Gasteiger partial charge in [0.05, 0.1) is 45.2 Å². The summed E-state index contributed by atoms with van der Waals surface area (Å²) in [7, 11) is 1.62. The Kier molecular flexibility index (Phi) is 7.50. The zero-order valence-electron chi connectivity index (χ0n) is 23.8. The third-order valence-electron chi connectivity index (χ3n) is 7.28. The Morgan fingerprint density at radius 3 is 2.20 bits per heavy atom. The highest BCUT2D eigenvalue weighted by Crippen LogP contribution is 2.38. The number of halogens is 5. The van der Waals surface area contributed by atoms with Gasteiger partial charge in [0.2, 0.25) is 0 Å². The molecule has 3 heterocycles. The van der Waals surface area contributed by atoms with Crippen molar-refractivity contribution in [3.05, 3.63) is 114 Å². The van der Waals surface area contributed by atoms with E-state index in [4.69, 9.17) is 23.2 Å². The Bertz CT molecular complexity index is 2270. The average molecular weight is 656 g/mol. The summed E-state index contributed by atoms with van der Waals surface area (Å²) in [4.78, 5) is 41.1. The lowest BCUT2D eigenvalue weighted by atomic mass is 9.92. The molecule has 0 atom stereocenters. The summed E-state index contributed by atoms with van der Waals surface area (Å²) in [5.74, 6) is -3.05. The van der Waals surface area contributed by atoms with Crippen molar-refractivity contribution < 1.29 is 18.3 Å². The molecule has 0 fully saturated rings. The highest BCUT2D eigenvalue weighted by Gasteiger charge is 2.26. The fourth-order valence-corrected chi connectivity index (χ4v) is 5.69. The second-order valence-electron chi connectivity index (χ2n) is 10.9. The molecule has 1 N–H and O–H groups in total. The number of hydrogen-bond donors (Lipinski definition) is 1. The molecule has 0 spiro atoms. The van der Waals surface area contributed by atoms with E-state index in [2.05, 4.69) is 20.1 Å². The van der Waals surface area contributed by atoms with Crippen molar-refractivity contribution in [1.82, 2.24) is 33.9 Å². The number of rotatable bonds is 6. The largest absolute Gasteiger partial charge is 0.386 e. The van der Waals surface area contributed by atoms with E-state index in [1.54, 1.807) is 7.05 Å². The van der Waals surface area contributed by atoms with E-state index < -0.39 is 39.3 Å². The second kappa shape index (κ2) is 11.1. The van der Waals surface area contributed by atoms with Gasteiger partial charge in [-0.1, -0.05) is 23.2 Å². The molecule has 0 aliphatic rings. The zero-order valence-corrected chi connectivity index (χ0v) is 25.3. The van der Waals surface area contributed by atoms with Crippen LogP contribution in [0.4, 0.5) is 13.2 Å². The summed E-state index contributed by atoms with van der Waals surface area (Å²) < 4.78 is 46.8. The van der Waals surface area contributed by atoms with Crippen LogP contribution in [0.3, 0.4) is 0 Å². The van der Waals surface area contributed by atoms with Crippen molar-refractivity contribution in [2.75, 3.05) is 0 Å². The van der Waals surface area contributed by atoms with Crippen LogP contribution in [0.1, 0.15) is 30.8 Å². The first kappa shape index (κ1) is 30.4. The molecule has 15 heteroatoms. The molecule has 230 valence electrons. The van der Waals surface area contributed by atoms with Crippen LogP contribution in [0.25, 0.3) is 33.1 Å². The number of aryl methyl sites for hydroxylation is 1. The normalized spacial score (nSPS) is 12.0. The second-order valence-corrected chi connectivity index (χ2v) is 11.7. The van der Waals surface area contributed by atoms with Gasteiger partial charge in [0.1, 0.15) is 17.7 Å². The Hall–Kier alpha value is -4.59. The molecule has 0 aliphatic heterocycles. The Labute approximate surface area is 262 Å². The maximum Gasteiger partial charge on any atom is 0.332 e. The third kappa shape index (κ3) is 5.36. The van der Waals surface area contributed by atoms with Gasteiger partial charge in [-0.05, 0) is 49.7 Å². The van der Waals surface area contributed by atoms with Crippen LogP contribution in [-0.4, -0.2) is 39.0 Å². The molecule has 0 saturated carbocycles. The Morgan fingerprint density at radius 1 is 0.844 bits per heavy atom. The highest BCUT2D eigenvalue weighted by atomic mass is 35.5. The van der Waals surface area contributed by atoms with Crippen LogP contribution in [0.15, 0.2) is 58.6 Å². The first-order chi connectivity index (χ1) is 21.2. The van der Waals surface area contributed by atoms with Crippen LogP contribution in [0.2, 0.25) is 10.0 Å². The number of hydrogen-bond acceptors (Lipinski definition) is 7. The fraction of sp³-hybridized carbons (Fsp3) is 0.200. The molecule has 6 aromatic rings. The predicted octanol–water partition coefficient (Wildman–Crippen LogP) is 4.95. The number of fused-ring (bicyclic) bond motifs is 3. The van der Waals surface area contributed by atoms with Crippen molar-refractivity contribution in [3.8, 4) is 11.1 Å². The van der Waals surface area contributed by atoms with E-state index in [1.165, 1.54) is 60.0 Å². The molecule has 6 rings (SSSR count). The van der Waals surface area contributed by atoms with Crippen LogP contribution < -0.4 is 11.2 Å². The Balaban J connectivity index is 1.73. The van der Waals surface area contributed by atoms with Crippen molar-refractivity contribution in [1.29, 1.82) is 0 Å². The molecule has 3 aromatic carbocycles. The van der Waals surface area contributed by atoms with Gasteiger partial charge >= 0.3 is 5.69 Å². The molecule has 10 nitrogen and oxygen atoms in total. The van der Waals surface area contributed by atoms with Gasteiger partial charge in [0.15, 0.2) is 17.5 Å².